The molecule has 0 fully saturated rings. The number of hydrogen-bond donors (Lipinski definition) is 1. The molecule has 0 radical (unpaired) electrons. The molecule has 1 aromatic heterocycles. The van der Waals surface area contributed by atoms with Gasteiger partial charge in [0.1, 0.15) is 5.82 Å². The lowest BCUT2D eigenvalue weighted by Crippen LogP contribution is -2.19. The predicted molar refractivity (Wildman–Crippen MR) is 65.0 cm³/mol. The molecule has 0 aliphatic heterocycles. The van der Waals surface area contributed by atoms with E-state index in [2.05, 4.69) is 35.2 Å². The van der Waals surface area contributed by atoms with Gasteiger partial charge in [0.15, 0.2) is 0 Å². The Morgan fingerprint density at radius 3 is 2.93 bits per heavy atom. The van der Waals surface area contributed by atoms with Crippen molar-refractivity contribution in [1.82, 2.24) is 9.88 Å². The van der Waals surface area contributed by atoms with E-state index in [9.17, 15) is 0 Å². The molecule has 0 aliphatic carbocycles. The Morgan fingerprint density at radius 1 is 1.47 bits per heavy atom. The van der Waals surface area contributed by atoms with Crippen molar-refractivity contribution in [3.05, 3.63) is 23.9 Å². The molecule has 3 heteroatoms. The van der Waals surface area contributed by atoms with Crippen LogP contribution in [0.25, 0.3) is 0 Å². The summed E-state index contributed by atoms with van der Waals surface area (Å²) in [4.78, 5) is 6.63. The first kappa shape index (κ1) is 12.0. The lowest BCUT2D eigenvalue weighted by atomic mass is 10.2. The van der Waals surface area contributed by atoms with Gasteiger partial charge >= 0.3 is 0 Å². The molecule has 1 heterocycles. The fourth-order valence-electron chi connectivity index (χ4n) is 1.59. The fraction of sp³-hybridized carbons (Fsp3) is 0.583. The summed E-state index contributed by atoms with van der Waals surface area (Å²) in [7, 11) is 4.07. The predicted octanol–water partition coefficient (Wildman–Crippen LogP) is 2.36. The van der Waals surface area contributed by atoms with Crippen molar-refractivity contribution in [2.45, 2.75) is 26.3 Å². The van der Waals surface area contributed by atoms with Crippen LogP contribution in [0.5, 0.6) is 0 Å². The van der Waals surface area contributed by atoms with E-state index in [-0.39, 0.29) is 0 Å². The molecule has 0 saturated carbocycles. The first-order valence-electron chi connectivity index (χ1n) is 5.58. The molecule has 0 spiro atoms. The van der Waals surface area contributed by atoms with Crippen molar-refractivity contribution < 1.29 is 0 Å². The summed E-state index contributed by atoms with van der Waals surface area (Å²) in [5, 5.41) is 3.12. The minimum Gasteiger partial charge on any atom is -0.373 e. The van der Waals surface area contributed by atoms with E-state index in [0.29, 0.717) is 0 Å². The van der Waals surface area contributed by atoms with Gasteiger partial charge < -0.3 is 10.2 Å². The maximum atomic E-state index is 4.29. The van der Waals surface area contributed by atoms with E-state index in [4.69, 9.17) is 0 Å². The second kappa shape index (κ2) is 6.40. The van der Waals surface area contributed by atoms with Crippen LogP contribution in [-0.4, -0.2) is 30.5 Å². The van der Waals surface area contributed by atoms with Crippen LogP contribution in [0, 0.1) is 0 Å². The molecule has 0 aromatic carbocycles. The van der Waals surface area contributed by atoms with Crippen LogP contribution in [0.2, 0.25) is 0 Å². The number of hydrogen-bond acceptors (Lipinski definition) is 3. The summed E-state index contributed by atoms with van der Waals surface area (Å²) in [6.07, 6.45) is 4.32. The van der Waals surface area contributed by atoms with Gasteiger partial charge in [0.2, 0.25) is 0 Å². The zero-order chi connectivity index (χ0) is 11.1. The molecule has 1 rings (SSSR count). The number of nitrogens with one attached hydrogen (secondary N) is 1. The third-order valence-electron chi connectivity index (χ3n) is 2.46. The third-order valence-corrected chi connectivity index (χ3v) is 2.46. The largest absolute Gasteiger partial charge is 0.373 e. The van der Waals surface area contributed by atoms with Gasteiger partial charge in [0.05, 0.1) is 0 Å². The highest BCUT2D eigenvalue weighted by atomic mass is 15.1. The monoisotopic (exact) mass is 207 g/mol. The van der Waals surface area contributed by atoms with E-state index in [0.717, 1.165) is 18.9 Å². The van der Waals surface area contributed by atoms with Crippen molar-refractivity contribution in [3.8, 4) is 0 Å². The van der Waals surface area contributed by atoms with Gasteiger partial charge in [0.25, 0.3) is 0 Å². The highest BCUT2D eigenvalue weighted by molar-refractivity contribution is 5.42. The topological polar surface area (TPSA) is 28.2 Å². The van der Waals surface area contributed by atoms with Gasteiger partial charge in [-0.15, -0.1) is 0 Å². The van der Waals surface area contributed by atoms with Crippen molar-refractivity contribution in [1.29, 1.82) is 0 Å². The Hall–Kier alpha value is -1.09. The minimum absolute atomic E-state index is 0.962. The Bertz CT molecular complexity index is 286. The zero-order valence-electron chi connectivity index (χ0n) is 9.95. The van der Waals surface area contributed by atoms with Gasteiger partial charge in [-0.05, 0) is 26.1 Å². The third kappa shape index (κ3) is 3.88. The number of rotatable bonds is 6. The van der Waals surface area contributed by atoms with Crippen LogP contribution in [0.4, 0.5) is 5.82 Å². The van der Waals surface area contributed by atoms with Gasteiger partial charge in [0, 0.05) is 25.4 Å². The van der Waals surface area contributed by atoms with Crippen molar-refractivity contribution >= 4 is 5.82 Å². The molecule has 0 saturated heterocycles. The van der Waals surface area contributed by atoms with Gasteiger partial charge in [-0.25, -0.2) is 4.98 Å². The molecule has 0 amide bonds. The van der Waals surface area contributed by atoms with E-state index >= 15 is 0 Å². The summed E-state index contributed by atoms with van der Waals surface area (Å²) >= 11 is 0. The van der Waals surface area contributed by atoms with Crippen LogP contribution in [0.3, 0.4) is 0 Å². The van der Waals surface area contributed by atoms with Crippen LogP contribution >= 0.6 is 0 Å². The molecular weight excluding hydrogens is 186 g/mol. The molecule has 0 atom stereocenters. The lowest BCUT2D eigenvalue weighted by Gasteiger charge is -2.17. The highest BCUT2D eigenvalue weighted by Crippen LogP contribution is 2.12. The average molecular weight is 207 g/mol. The molecule has 1 N–H and O–H groups in total. The molecular formula is C12H21N3. The molecule has 15 heavy (non-hydrogen) atoms. The molecule has 3 nitrogen and oxygen atoms in total. The Morgan fingerprint density at radius 2 is 2.27 bits per heavy atom. The molecule has 1 aromatic rings. The standard InChI is InChI=1S/C12H21N3/c1-4-5-9-15(3)10-11-7-6-8-14-12(11)13-2/h6-8H,4-5,9-10H2,1-3H3,(H,13,14). The Balaban J connectivity index is 2.55. The van der Waals surface area contributed by atoms with Crippen molar-refractivity contribution in [2.24, 2.45) is 0 Å². The molecule has 0 bridgehead atoms. The summed E-state index contributed by atoms with van der Waals surface area (Å²) in [5.41, 5.74) is 1.26. The van der Waals surface area contributed by atoms with Gasteiger partial charge in [-0.2, -0.15) is 0 Å². The van der Waals surface area contributed by atoms with E-state index in [1.165, 1.54) is 18.4 Å². The maximum Gasteiger partial charge on any atom is 0.130 e. The van der Waals surface area contributed by atoms with E-state index in [1.807, 2.05) is 19.3 Å². The smallest absolute Gasteiger partial charge is 0.130 e. The first-order valence-corrected chi connectivity index (χ1v) is 5.58. The van der Waals surface area contributed by atoms with Crippen molar-refractivity contribution in [3.63, 3.8) is 0 Å². The highest BCUT2D eigenvalue weighted by Gasteiger charge is 2.04. The number of unbranched alkanes of at least 4 members (excludes halogenated alkanes) is 1. The summed E-state index contributed by atoms with van der Waals surface area (Å²) in [6, 6.07) is 4.12. The molecule has 0 unspecified atom stereocenters. The number of nitrogens with zero attached hydrogens (tertiary/aromatic N) is 2. The van der Waals surface area contributed by atoms with Gasteiger partial charge in [-0.3, -0.25) is 0 Å². The van der Waals surface area contributed by atoms with Crippen LogP contribution in [0.15, 0.2) is 18.3 Å². The van der Waals surface area contributed by atoms with E-state index < -0.39 is 0 Å². The number of pyridine rings is 1. The SMILES string of the molecule is CCCCN(C)Cc1cccnc1NC. The van der Waals surface area contributed by atoms with E-state index in [1.54, 1.807) is 0 Å². The Kier molecular flexibility index (Phi) is 5.12. The van der Waals surface area contributed by atoms with Crippen LogP contribution < -0.4 is 5.32 Å². The second-order valence-electron chi connectivity index (χ2n) is 3.85. The summed E-state index contributed by atoms with van der Waals surface area (Å²) < 4.78 is 0. The average Bonchev–Trinajstić information content (AvgIpc) is 2.27. The summed E-state index contributed by atoms with van der Waals surface area (Å²) in [6.45, 7) is 4.33. The first-order chi connectivity index (χ1) is 7.27. The quantitative estimate of drug-likeness (QED) is 0.776. The van der Waals surface area contributed by atoms with Crippen LogP contribution in [0.1, 0.15) is 25.3 Å². The van der Waals surface area contributed by atoms with Crippen molar-refractivity contribution in [2.75, 3.05) is 26.0 Å². The number of aromatic nitrogens is 1. The Labute approximate surface area is 92.5 Å². The zero-order valence-corrected chi connectivity index (χ0v) is 9.95. The van der Waals surface area contributed by atoms with Gasteiger partial charge in [-0.1, -0.05) is 19.4 Å². The van der Waals surface area contributed by atoms with Crippen LogP contribution in [-0.2, 0) is 6.54 Å². The number of anilines is 1. The summed E-state index contributed by atoms with van der Waals surface area (Å²) in [5.74, 6) is 0.987. The fourth-order valence-corrected chi connectivity index (χ4v) is 1.59. The lowest BCUT2D eigenvalue weighted by molar-refractivity contribution is 0.321. The maximum absolute atomic E-state index is 4.29. The minimum atomic E-state index is 0.962. The molecule has 84 valence electrons. The molecule has 0 aliphatic rings. The normalized spacial score (nSPS) is 10.7. The second-order valence-corrected chi connectivity index (χ2v) is 3.85.